The van der Waals surface area contributed by atoms with E-state index in [1.54, 1.807) is 24.3 Å². The van der Waals surface area contributed by atoms with E-state index in [9.17, 15) is 8.42 Å². The maximum absolute atomic E-state index is 12.9. The number of aromatic nitrogens is 3. The summed E-state index contributed by atoms with van der Waals surface area (Å²) < 4.78 is 38.7. The van der Waals surface area contributed by atoms with Crippen LogP contribution in [0.5, 0.6) is 0 Å². The zero-order valence-electron chi connectivity index (χ0n) is 15.8. The van der Waals surface area contributed by atoms with Crippen LogP contribution in [0, 0.1) is 5.92 Å². The van der Waals surface area contributed by atoms with Crippen molar-refractivity contribution in [3.8, 4) is 0 Å². The van der Waals surface area contributed by atoms with E-state index >= 15 is 0 Å². The summed E-state index contributed by atoms with van der Waals surface area (Å²) in [6.07, 6.45) is -0.692. The van der Waals surface area contributed by atoms with E-state index in [0.29, 0.717) is 17.5 Å². The van der Waals surface area contributed by atoms with Crippen molar-refractivity contribution in [2.24, 2.45) is 5.92 Å². The van der Waals surface area contributed by atoms with Crippen LogP contribution in [0.4, 0.5) is 0 Å². The first-order valence-corrected chi connectivity index (χ1v) is 10.9. The summed E-state index contributed by atoms with van der Waals surface area (Å²) in [5, 5.41) is 8.22. The van der Waals surface area contributed by atoms with Gasteiger partial charge in [0.1, 0.15) is 11.0 Å². The lowest BCUT2D eigenvalue weighted by atomic mass is 10.00. The molecule has 148 valence electrons. The molecule has 0 N–H and O–H groups in total. The molecule has 1 aliphatic heterocycles. The Morgan fingerprint density at radius 3 is 2.21 bits per heavy atom. The molecule has 0 spiro atoms. The number of hydrogen-bond donors (Lipinski definition) is 0. The van der Waals surface area contributed by atoms with Crippen LogP contribution in [0.25, 0.3) is 11.0 Å². The van der Waals surface area contributed by atoms with Crippen LogP contribution in [-0.4, -0.2) is 40.8 Å². The number of ether oxygens (including phenoxy) is 2. The Labute approximate surface area is 164 Å². The Bertz CT molecular complexity index is 1020. The van der Waals surface area contributed by atoms with Gasteiger partial charge in [0.2, 0.25) is 0 Å². The average Bonchev–Trinajstić information content (AvgIpc) is 3.13. The second-order valence-electron chi connectivity index (χ2n) is 7.34. The number of benzene rings is 2. The molecule has 3 atom stereocenters. The highest BCUT2D eigenvalue weighted by Crippen LogP contribution is 2.33. The minimum Gasteiger partial charge on any atom is -0.345 e. The van der Waals surface area contributed by atoms with E-state index in [1.165, 1.54) is 0 Å². The van der Waals surface area contributed by atoms with Crippen LogP contribution in [0.2, 0.25) is 0 Å². The van der Waals surface area contributed by atoms with Crippen LogP contribution in [0.1, 0.15) is 32.1 Å². The number of fused-ring (bicyclic) bond motifs is 1. The van der Waals surface area contributed by atoms with Gasteiger partial charge in [0.15, 0.2) is 6.29 Å². The lowest BCUT2D eigenvalue weighted by Gasteiger charge is -2.37. The predicted molar refractivity (Wildman–Crippen MR) is 105 cm³/mol. The highest BCUT2D eigenvalue weighted by Gasteiger charge is 2.36. The lowest BCUT2D eigenvalue weighted by Crippen LogP contribution is -2.41. The third-order valence-electron chi connectivity index (χ3n) is 4.84. The van der Waals surface area contributed by atoms with Gasteiger partial charge in [-0.25, -0.2) is 8.42 Å². The molecule has 4 rings (SSSR count). The Balaban J connectivity index is 1.58. The largest absolute Gasteiger partial charge is 0.345 e. The molecule has 0 saturated carbocycles. The first-order chi connectivity index (χ1) is 13.4. The minimum atomic E-state index is -3.76. The highest BCUT2D eigenvalue weighted by atomic mass is 32.2. The smallest absolute Gasteiger partial charge is 0.272 e. The lowest BCUT2D eigenvalue weighted by molar-refractivity contribution is -0.251. The summed E-state index contributed by atoms with van der Waals surface area (Å²) in [5.41, 5.74) is 1.96. The Morgan fingerprint density at radius 1 is 1.00 bits per heavy atom. The topological polar surface area (TPSA) is 83.3 Å². The molecule has 7 nitrogen and oxygen atoms in total. The van der Waals surface area contributed by atoms with Crippen LogP contribution in [-0.2, 0) is 19.5 Å². The van der Waals surface area contributed by atoms with E-state index in [-0.39, 0.29) is 17.8 Å². The summed E-state index contributed by atoms with van der Waals surface area (Å²) in [5.74, 6) is 0.0370. The molecule has 1 aromatic heterocycles. The van der Waals surface area contributed by atoms with Crippen molar-refractivity contribution in [3.63, 3.8) is 0 Å². The summed E-state index contributed by atoms with van der Waals surface area (Å²) in [7, 11) is -3.76. The van der Waals surface area contributed by atoms with Crippen molar-refractivity contribution in [2.75, 3.05) is 5.75 Å². The minimum absolute atomic E-state index is 0.0937. The predicted octanol–water partition coefficient (Wildman–Crippen LogP) is 3.14. The van der Waals surface area contributed by atoms with Gasteiger partial charge in [-0.2, -0.15) is 0 Å². The van der Waals surface area contributed by atoms with Gasteiger partial charge >= 0.3 is 0 Å². The summed E-state index contributed by atoms with van der Waals surface area (Å²) in [6, 6.07) is 16.6. The van der Waals surface area contributed by atoms with Crippen LogP contribution in [0.15, 0.2) is 54.6 Å². The molecule has 0 amide bonds. The van der Waals surface area contributed by atoms with E-state index in [0.717, 1.165) is 9.77 Å². The monoisotopic (exact) mass is 401 g/mol. The maximum atomic E-state index is 12.9. The molecular weight excluding hydrogens is 378 g/mol. The van der Waals surface area contributed by atoms with E-state index in [4.69, 9.17) is 9.47 Å². The maximum Gasteiger partial charge on any atom is 0.272 e. The zero-order chi connectivity index (χ0) is 19.7. The second kappa shape index (κ2) is 7.62. The molecule has 1 aliphatic rings. The third kappa shape index (κ3) is 3.94. The summed E-state index contributed by atoms with van der Waals surface area (Å²) in [4.78, 5) is 0. The molecule has 1 fully saturated rings. The summed E-state index contributed by atoms with van der Waals surface area (Å²) >= 11 is 0. The Hall–Kier alpha value is -2.29. The normalized spacial score (nSPS) is 23.3. The van der Waals surface area contributed by atoms with Crippen molar-refractivity contribution in [1.29, 1.82) is 0 Å². The van der Waals surface area contributed by atoms with Gasteiger partial charge in [-0.1, -0.05) is 60.5 Å². The standard InChI is InChI=1S/C20H23N3O4S/c1-14(2)19-12-16(26-20(27-19)15-8-4-3-5-9-15)13-28(24,25)23-21-17-10-6-7-11-18(17)22-23/h3-11,14,16,19-20H,12-13H2,1-2H3/t16-,19+,20+/m1/s1. The highest BCUT2D eigenvalue weighted by molar-refractivity contribution is 7.89. The molecule has 28 heavy (non-hydrogen) atoms. The second-order valence-corrected chi connectivity index (χ2v) is 9.17. The van der Waals surface area contributed by atoms with Gasteiger partial charge in [0.25, 0.3) is 10.0 Å². The van der Waals surface area contributed by atoms with Crippen molar-refractivity contribution in [1.82, 2.24) is 14.4 Å². The van der Waals surface area contributed by atoms with E-state index in [1.807, 2.05) is 30.3 Å². The first-order valence-electron chi connectivity index (χ1n) is 9.33. The van der Waals surface area contributed by atoms with Crippen molar-refractivity contribution in [3.05, 3.63) is 60.2 Å². The van der Waals surface area contributed by atoms with Gasteiger partial charge in [-0.3, -0.25) is 0 Å². The summed E-state index contributed by atoms with van der Waals surface area (Å²) in [6.45, 7) is 4.12. The molecule has 1 saturated heterocycles. The van der Waals surface area contributed by atoms with Crippen molar-refractivity contribution in [2.45, 2.75) is 38.8 Å². The molecule has 2 aromatic carbocycles. The van der Waals surface area contributed by atoms with Gasteiger partial charge in [0.05, 0.1) is 18.0 Å². The number of hydrogen-bond acceptors (Lipinski definition) is 6. The quantitative estimate of drug-likeness (QED) is 0.653. The zero-order valence-corrected chi connectivity index (χ0v) is 16.6. The SMILES string of the molecule is CC(C)[C@@H]1C[C@H](CS(=O)(=O)n2nc3ccccc3n2)O[C@H](c2ccccc2)O1. The van der Waals surface area contributed by atoms with E-state index < -0.39 is 22.4 Å². The molecule has 2 heterocycles. The molecular formula is C20H23N3O4S. The third-order valence-corrected chi connectivity index (χ3v) is 6.29. The van der Waals surface area contributed by atoms with Gasteiger partial charge in [-0.05, 0) is 18.1 Å². The number of rotatable bonds is 5. The molecule has 8 heteroatoms. The molecule has 0 unspecified atom stereocenters. The molecule has 0 aliphatic carbocycles. The van der Waals surface area contributed by atoms with Gasteiger partial charge < -0.3 is 9.47 Å². The fraction of sp³-hybridized carbons (Fsp3) is 0.400. The molecule has 3 aromatic rings. The van der Waals surface area contributed by atoms with Crippen LogP contribution in [0.3, 0.4) is 0 Å². The van der Waals surface area contributed by atoms with Crippen LogP contribution < -0.4 is 0 Å². The fourth-order valence-corrected chi connectivity index (χ4v) is 4.55. The Kier molecular flexibility index (Phi) is 5.18. The van der Waals surface area contributed by atoms with Gasteiger partial charge in [-0.15, -0.1) is 10.2 Å². The average molecular weight is 401 g/mol. The Morgan fingerprint density at radius 2 is 1.61 bits per heavy atom. The van der Waals surface area contributed by atoms with E-state index in [2.05, 4.69) is 24.0 Å². The van der Waals surface area contributed by atoms with Gasteiger partial charge in [0, 0.05) is 12.0 Å². The fourth-order valence-electron chi connectivity index (χ4n) is 3.31. The van der Waals surface area contributed by atoms with Crippen LogP contribution >= 0.6 is 0 Å². The molecule has 0 radical (unpaired) electrons. The molecule has 0 bridgehead atoms. The number of nitrogens with zero attached hydrogens (tertiary/aromatic N) is 3. The first kappa shape index (κ1) is 19.0. The van der Waals surface area contributed by atoms with Crippen molar-refractivity contribution < 1.29 is 17.9 Å². The van der Waals surface area contributed by atoms with Crippen molar-refractivity contribution >= 4 is 21.1 Å².